The normalized spacial score (nSPS) is 16.6. The van der Waals surface area contributed by atoms with Gasteiger partial charge in [0.2, 0.25) is 15.9 Å². The summed E-state index contributed by atoms with van der Waals surface area (Å²) >= 11 is 0. The van der Waals surface area contributed by atoms with E-state index in [2.05, 4.69) is 5.32 Å². The topological polar surface area (TPSA) is 92.5 Å². The first kappa shape index (κ1) is 23.7. The van der Waals surface area contributed by atoms with Crippen molar-refractivity contribution < 1.29 is 22.0 Å². The van der Waals surface area contributed by atoms with E-state index in [1.807, 2.05) is 13.8 Å². The molecule has 1 heterocycles. The molecule has 0 aliphatic carbocycles. The van der Waals surface area contributed by atoms with Crippen LogP contribution >= 0.6 is 12.4 Å². The van der Waals surface area contributed by atoms with Gasteiger partial charge in [-0.1, -0.05) is 6.07 Å². The second kappa shape index (κ2) is 9.27. The zero-order valence-electron chi connectivity index (χ0n) is 15.4. The fourth-order valence-corrected chi connectivity index (χ4v) is 4.37. The standard InChI is InChI=1S/C17H25F2N3O3S.ClH/c1-12-3-4-15(9-13(12)2)26(24,25)22-7-5-14(6-8-22)16(23)21-11-17(18,19)10-20;/h3-4,9,14H,5-8,10-11,20H2,1-2H3,(H,21,23);1H. The van der Waals surface area contributed by atoms with Crippen molar-refractivity contribution in [1.29, 1.82) is 0 Å². The largest absolute Gasteiger partial charge is 0.350 e. The first-order chi connectivity index (χ1) is 12.1. The minimum absolute atomic E-state index is 0. The molecule has 0 atom stereocenters. The SMILES string of the molecule is Cc1ccc(S(=O)(=O)N2CCC(C(=O)NCC(F)(F)CN)CC2)cc1C.Cl. The third-order valence-corrected chi connectivity index (χ3v) is 6.66. The number of hydrogen-bond donors (Lipinski definition) is 2. The first-order valence-corrected chi connectivity index (χ1v) is 9.94. The van der Waals surface area contributed by atoms with Crippen molar-refractivity contribution in [2.75, 3.05) is 26.2 Å². The monoisotopic (exact) mass is 425 g/mol. The van der Waals surface area contributed by atoms with Crippen molar-refractivity contribution in [1.82, 2.24) is 9.62 Å². The van der Waals surface area contributed by atoms with Crippen LogP contribution in [0.15, 0.2) is 23.1 Å². The summed E-state index contributed by atoms with van der Waals surface area (Å²) in [5.74, 6) is -4.10. The van der Waals surface area contributed by atoms with Crippen molar-refractivity contribution >= 4 is 28.3 Å². The van der Waals surface area contributed by atoms with Gasteiger partial charge in [0.15, 0.2) is 0 Å². The van der Waals surface area contributed by atoms with E-state index >= 15 is 0 Å². The highest BCUT2D eigenvalue weighted by molar-refractivity contribution is 7.89. The van der Waals surface area contributed by atoms with Crippen LogP contribution in [0.1, 0.15) is 24.0 Å². The molecule has 1 amide bonds. The van der Waals surface area contributed by atoms with Crippen LogP contribution in [-0.2, 0) is 14.8 Å². The second-order valence-corrected chi connectivity index (χ2v) is 8.64. The van der Waals surface area contributed by atoms with Gasteiger partial charge < -0.3 is 11.1 Å². The summed E-state index contributed by atoms with van der Waals surface area (Å²) in [6.07, 6.45) is 0.591. The molecule has 27 heavy (non-hydrogen) atoms. The third-order valence-electron chi connectivity index (χ3n) is 4.76. The Morgan fingerprint density at radius 3 is 2.37 bits per heavy atom. The maximum absolute atomic E-state index is 13.1. The number of rotatable bonds is 6. The molecule has 0 unspecified atom stereocenters. The van der Waals surface area contributed by atoms with Gasteiger partial charge in [-0.2, -0.15) is 4.31 Å². The molecule has 0 spiro atoms. The fourth-order valence-electron chi connectivity index (χ4n) is 2.81. The maximum Gasteiger partial charge on any atom is 0.277 e. The number of benzene rings is 1. The number of carbonyl (C=O) groups excluding carboxylic acids is 1. The predicted octanol–water partition coefficient (Wildman–Crippen LogP) is 1.84. The van der Waals surface area contributed by atoms with Crippen LogP contribution in [0.25, 0.3) is 0 Å². The van der Waals surface area contributed by atoms with Gasteiger partial charge in [0.05, 0.1) is 18.0 Å². The van der Waals surface area contributed by atoms with E-state index in [9.17, 15) is 22.0 Å². The number of amides is 1. The molecule has 0 saturated carbocycles. The molecule has 0 bridgehead atoms. The van der Waals surface area contributed by atoms with E-state index in [0.717, 1.165) is 11.1 Å². The Balaban J connectivity index is 0.00000364. The summed E-state index contributed by atoms with van der Waals surface area (Å²) in [5, 5.41) is 2.21. The minimum atomic E-state index is -3.62. The zero-order chi connectivity index (χ0) is 19.5. The molecule has 1 fully saturated rings. The molecule has 0 aromatic heterocycles. The second-order valence-electron chi connectivity index (χ2n) is 6.70. The maximum atomic E-state index is 13.1. The number of alkyl halides is 2. The van der Waals surface area contributed by atoms with Crippen LogP contribution in [0.2, 0.25) is 0 Å². The number of piperidine rings is 1. The Hall–Kier alpha value is -1.29. The van der Waals surface area contributed by atoms with E-state index in [4.69, 9.17) is 5.73 Å². The zero-order valence-corrected chi connectivity index (χ0v) is 17.0. The summed E-state index contributed by atoms with van der Waals surface area (Å²) in [5.41, 5.74) is 6.84. The Morgan fingerprint density at radius 2 is 1.85 bits per heavy atom. The summed E-state index contributed by atoms with van der Waals surface area (Å²) < 4.78 is 53.1. The number of aryl methyl sites for hydroxylation is 2. The molecule has 1 aromatic rings. The van der Waals surface area contributed by atoms with Gasteiger partial charge in [-0.25, -0.2) is 17.2 Å². The molecule has 1 saturated heterocycles. The third kappa shape index (κ3) is 5.84. The van der Waals surface area contributed by atoms with Crippen LogP contribution in [0, 0.1) is 19.8 Å². The van der Waals surface area contributed by atoms with E-state index in [-0.39, 0.29) is 30.4 Å². The number of nitrogens with two attached hydrogens (primary N) is 1. The lowest BCUT2D eigenvalue weighted by Crippen LogP contribution is -2.46. The number of hydrogen-bond acceptors (Lipinski definition) is 4. The Labute approximate surface area is 164 Å². The number of nitrogens with zero attached hydrogens (tertiary/aromatic N) is 1. The Morgan fingerprint density at radius 1 is 1.26 bits per heavy atom. The van der Waals surface area contributed by atoms with Gasteiger partial charge in [-0.15, -0.1) is 12.4 Å². The van der Waals surface area contributed by atoms with Gasteiger partial charge in [0.1, 0.15) is 0 Å². The molecular weight excluding hydrogens is 400 g/mol. The van der Waals surface area contributed by atoms with Gasteiger partial charge in [0, 0.05) is 19.0 Å². The molecule has 0 radical (unpaired) electrons. The van der Waals surface area contributed by atoms with Crippen molar-refractivity contribution in [2.45, 2.75) is 37.5 Å². The number of nitrogens with one attached hydrogen (secondary N) is 1. The quantitative estimate of drug-likeness (QED) is 0.727. The van der Waals surface area contributed by atoms with Crippen LogP contribution in [-0.4, -0.2) is 50.7 Å². The highest BCUT2D eigenvalue weighted by Crippen LogP contribution is 2.25. The molecule has 154 valence electrons. The van der Waals surface area contributed by atoms with Gasteiger partial charge >= 0.3 is 0 Å². The highest BCUT2D eigenvalue weighted by Gasteiger charge is 2.34. The van der Waals surface area contributed by atoms with Crippen LogP contribution in [0.3, 0.4) is 0 Å². The molecule has 1 aromatic carbocycles. The number of halogens is 3. The van der Waals surface area contributed by atoms with Gasteiger partial charge in [-0.05, 0) is 49.9 Å². The van der Waals surface area contributed by atoms with Gasteiger partial charge in [-0.3, -0.25) is 4.79 Å². The summed E-state index contributed by atoms with van der Waals surface area (Å²) in [6, 6.07) is 4.98. The lowest BCUT2D eigenvalue weighted by molar-refractivity contribution is -0.127. The fraction of sp³-hybridized carbons (Fsp3) is 0.588. The Bertz CT molecular complexity index is 767. The van der Waals surface area contributed by atoms with Crippen LogP contribution in [0.4, 0.5) is 8.78 Å². The smallest absolute Gasteiger partial charge is 0.277 e. The average molecular weight is 426 g/mol. The molecule has 1 aliphatic rings. The van der Waals surface area contributed by atoms with E-state index in [1.165, 1.54) is 4.31 Å². The summed E-state index contributed by atoms with van der Waals surface area (Å²) in [7, 11) is -3.62. The molecule has 3 N–H and O–H groups in total. The van der Waals surface area contributed by atoms with Crippen molar-refractivity contribution in [3.05, 3.63) is 29.3 Å². The van der Waals surface area contributed by atoms with Crippen molar-refractivity contribution in [2.24, 2.45) is 11.7 Å². The van der Waals surface area contributed by atoms with Crippen LogP contribution < -0.4 is 11.1 Å². The van der Waals surface area contributed by atoms with Crippen molar-refractivity contribution in [3.8, 4) is 0 Å². The predicted molar refractivity (Wildman–Crippen MR) is 102 cm³/mol. The number of carbonyl (C=O) groups is 1. The van der Waals surface area contributed by atoms with Crippen molar-refractivity contribution in [3.63, 3.8) is 0 Å². The first-order valence-electron chi connectivity index (χ1n) is 8.50. The molecule has 10 heteroatoms. The summed E-state index contributed by atoms with van der Waals surface area (Å²) in [4.78, 5) is 12.2. The van der Waals surface area contributed by atoms with E-state index in [1.54, 1.807) is 18.2 Å². The summed E-state index contributed by atoms with van der Waals surface area (Å²) in [6.45, 7) is 2.48. The molecule has 6 nitrogen and oxygen atoms in total. The average Bonchev–Trinajstić information content (AvgIpc) is 2.62. The Kier molecular flexibility index (Phi) is 8.15. The van der Waals surface area contributed by atoms with E-state index < -0.39 is 40.9 Å². The minimum Gasteiger partial charge on any atom is -0.350 e. The lowest BCUT2D eigenvalue weighted by atomic mass is 9.97. The number of sulfonamides is 1. The van der Waals surface area contributed by atoms with Crippen LogP contribution in [0.5, 0.6) is 0 Å². The highest BCUT2D eigenvalue weighted by atomic mass is 35.5. The molecule has 1 aliphatic heterocycles. The lowest BCUT2D eigenvalue weighted by Gasteiger charge is -2.31. The molecular formula is C17H26ClF2N3O3S. The van der Waals surface area contributed by atoms with Gasteiger partial charge in [0.25, 0.3) is 5.92 Å². The molecule has 2 rings (SSSR count). The van der Waals surface area contributed by atoms with E-state index in [0.29, 0.717) is 12.8 Å².